The minimum absolute atomic E-state index is 0.0181. The van der Waals surface area contributed by atoms with E-state index in [1.54, 1.807) is 12.0 Å². The summed E-state index contributed by atoms with van der Waals surface area (Å²) in [5.74, 6) is -0.813. The molecule has 1 saturated heterocycles. The molecule has 1 fully saturated rings. The van der Waals surface area contributed by atoms with Gasteiger partial charge in [-0.1, -0.05) is 0 Å². The molecule has 0 aromatic carbocycles. The molecule has 1 atom stereocenters. The summed E-state index contributed by atoms with van der Waals surface area (Å²) in [6, 6.07) is 0.0729. The molecule has 6 nitrogen and oxygen atoms in total. The van der Waals surface area contributed by atoms with Gasteiger partial charge in [-0.3, -0.25) is 14.5 Å². The van der Waals surface area contributed by atoms with Crippen molar-refractivity contribution in [2.24, 2.45) is 0 Å². The number of nitrogens with zero attached hydrogens (tertiary/aromatic N) is 1. The van der Waals surface area contributed by atoms with Crippen LogP contribution in [-0.2, 0) is 14.3 Å². The van der Waals surface area contributed by atoms with Crippen molar-refractivity contribution in [1.82, 2.24) is 10.2 Å². The number of methoxy groups -OCH3 is 1. The Kier molecular flexibility index (Phi) is 5.21. The number of hydrogen-bond donors (Lipinski definition) is 2. The third kappa shape index (κ3) is 4.59. The number of carboxylic acids is 1. The molecule has 0 saturated carbocycles. The smallest absolute Gasteiger partial charge is 0.317 e. The summed E-state index contributed by atoms with van der Waals surface area (Å²) in [5, 5.41) is 11.6. The Hall–Kier alpha value is -1.14. The van der Waals surface area contributed by atoms with Gasteiger partial charge < -0.3 is 15.2 Å². The maximum atomic E-state index is 11.0. The van der Waals surface area contributed by atoms with Crippen molar-refractivity contribution in [1.29, 1.82) is 0 Å². The predicted octanol–water partition coefficient (Wildman–Crippen LogP) is -0.702. The van der Waals surface area contributed by atoms with E-state index >= 15 is 0 Å². The number of rotatable bonds is 7. The largest absolute Gasteiger partial charge is 0.480 e. The summed E-state index contributed by atoms with van der Waals surface area (Å²) >= 11 is 0. The number of aliphatic carboxylic acids is 1. The molecule has 2 N–H and O–H groups in total. The van der Waals surface area contributed by atoms with E-state index in [9.17, 15) is 9.59 Å². The molecule has 1 aliphatic heterocycles. The molecular weight excluding hydrogens is 212 g/mol. The van der Waals surface area contributed by atoms with E-state index in [1.807, 2.05) is 0 Å². The lowest BCUT2D eigenvalue weighted by Gasteiger charge is -2.23. The number of ether oxygens (including phenoxy) is 1. The highest BCUT2D eigenvalue weighted by Gasteiger charge is 2.23. The maximum Gasteiger partial charge on any atom is 0.317 e. The molecule has 1 aliphatic rings. The van der Waals surface area contributed by atoms with Crippen LogP contribution in [0.1, 0.15) is 12.8 Å². The van der Waals surface area contributed by atoms with Gasteiger partial charge in [-0.05, 0) is 6.42 Å². The quantitative estimate of drug-likeness (QED) is 0.604. The first-order valence-corrected chi connectivity index (χ1v) is 5.34. The Morgan fingerprint density at radius 3 is 2.94 bits per heavy atom. The molecule has 0 bridgehead atoms. The lowest BCUT2D eigenvalue weighted by atomic mass is 10.2. The molecule has 6 heteroatoms. The first-order chi connectivity index (χ1) is 7.61. The van der Waals surface area contributed by atoms with Crippen LogP contribution in [0.3, 0.4) is 0 Å². The summed E-state index contributed by atoms with van der Waals surface area (Å²) in [6.45, 7) is 1.61. The molecule has 0 spiro atoms. The standard InChI is InChI=1S/C10H18N2O4/c1-16-5-4-12(7-10(14)15)6-8-2-3-9(13)11-8/h8H,2-7H2,1H3,(H,11,13)(H,14,15). The van der Waals surface area contributed by atoms with Gasteiger partial charge in [-0.2, -0.15) is 0 Å². The summed E-state index contributed by atoms with van der Waals surface area (Å²) < 4.78 is 4.92. The van der Waals surface area contributed by atoms with E-state index in [0.29, 0.717) is 26.1 Å². The maximum absolute atomic E-state index is 11.0. The van der Waals surface area contributed by atoms with Gasteiger partial charge in [-0.25, -0.2) is 0 Å². The number of hydrogen-bond acceptors (Lipinski definition) is 4. The zero-order valence-electron chi connectivity index (χ0n) is 9.44. The average Bonchev–Trinajstić information content (AvgIpc) is 2.59. The van der Waals surface area contributed by atoms with E-state index in [-0.39, 0.29) is 18.5 Å². The Labute approximate surface area is 94.6 Å². The lowest BCUT2D eigenvalue weighted by Crippen LogP contribution is -2.42. The molecule has 92 valence electrons. The zero-order chi connectivity index (χ0) is 12.0. The van der Waals surface area contributed by atoms with Gasteiger partial charge >= 0.3 is 5.97 Å². The van der Waals surface area contributed by atoms with Gasteiger partial charge in [0.25, 0.3) is 0 Å². The van der Waals surface area contributed by atoms with Crippen LogP contribution in [0, 0.1) is 0 Å². The molecular formula is C10H18N2O4. The normalized spacial score (nSPS) is 20.1. The third-order valence-electron chi connectivity index (χ3n) is 2.53. The summed E-state index contributed by atoms with van der Waals surface area (Å²) in [4.78, 5) is 23.4. The van der Waals surface area contributed by atoms with Gasteiger partial charge in [0.15, 0.2) is 0 Å². The first kappa shape index (κ1) is 12.9. The van der Waals surface area contributed by atoms with Crippen molar-refractivity contribution in [3.63, 3.8) is 0 Å². The van der Waals surface area contributed by atoms with Gasteiger partial charge in [0.05, 0.1) is 13.2 Å². The van der Waals surface area contributed by atoms with Crippen LogP contribution in [0.2, 0.25) is 0 Å². The summed E-state index contributed by atoms with van der Waals surface area (Å²) in [7, 11) is 1.58. The number of amides is 1. The highest BCUT2D eigenvalue weighted by molar-refractivity contribution is 5.78. The monoisotopic (exact) mass is 230 g/mol. The zero-order valence-corrected chi connectivity index (χ0v) is 9.44. The van der Waals surface area contributed by atoms with Gasteiger partial charge in [0.1, 0.15) is 0 Å². The highest BCUT2D eigenvalue weighted by atomic mass is 16.5. The van der Waals surface area contributed by atoms with E-state index in [4.69, 9.17) is 9.84 Å². The average molecular weight is 230 g/mol. The molecule has 0 radical (unpaired) electrons. The second-order valence-electron chi connectivity index (χ2n) is 3.92. The molecule has 0 aromatic heterocycles. The van der Waals surface area contributed by atoms with Crippen LogP contribution in [-0.4, -0.2) is 61.3 Å². The van der Waals surface area contributed by atoms with E-state index in [1.165, 1.54) is 0 Å². The van der Waals surface area contributed by atoms with Crippen LogP contribution in [0.5, 0.6) is 0 Å². The summed E-state index contributed by atoms with van der Waals surface area (Å²) in [5.41, 5.74) is 0. The molecule has 0 aromatic rings. The summed E-state index contributed by atoms with van der Waals surface area (Å²) in [6.07, 6.45) is 1.32. The molecule has 1 unspecified atom stereocenters. The van der Waals surface area contributed by atoms with Gasteiger partial charge in [0.2, 0.25) is 5.91 Å². The van der Waals surface area contributed by atoms with Crippen molar-refractivity contribution in [2.45, 2.75) is 18.9 Å². The second-order valence-corrected chi connectivity index (χ2v) is 3.92. The van der Waals surface area contributed by atoms with Crippen LogP contribution in [0.15, 0.2) is 0 Å². The topological polar surface area (TPSA) is 78.9 Å². The Bertz CT molecular complexity index is 257. The first-order valence-electron chi connectivity index (χ1n) is 5.34. The fraction of sp³-hybridized carbons (Fsp3) is 0.800. The number of carbonyl (C=O) groups excluding carboxylic acids is 1. The van der Waals surface area contributed by atoms with Crippen molar-refractivity contribution in [2.75, 3.05) is 33.4 Å². The van der Waals surface area contributed by atoms with Crippen LogP contribution < -0.4 is 5.32 Å². The minimum atomic E-state index is -0.861. The third-order valence-corrected chi connectivity index (χ3v) is 2.53. The van der Waals surface area contributed by atoms with Crippen LogP contribution >= 0.6 is 0 Å². The molecule has 0 aliphatic carbocycles. The van der Waals surface area contributed by atoms with Crippen molar-refractivity contribution in [3.8, 4) is 0 Å². The number of carboxylic acid groups (broad SMARTS) is 1. The highest BCUT2D eigenvalue weighted by Crippen LogP contribution is 2.08. The van der Waals surface area contributed by atoms with Crippen LogP contribution in [0.25, 0.3) is 0 Å². The fourth-order valence-electron chi connectivity index (χ4n) is 1.77. The van der Waals surface area contributed by atoms with E-state index in [2.05, 4.69) is 5.32 Å². The number of carbonyl (C=O) groups is 2. The Balaban J connectivity index is 2.36. The number of nitrogens with one attached hydrogen (secondary N) is 1. The SMILES string of the molecule is COCCN(CC(=O)O)CC1CCC(=O)N1. The van der Waals surface area contributed by atoms with Gasteiger partial charge in [-0.15, -0.1) is 0 Å². The Morgan fingerprint density at radius 1 is 1.69 bits per heavy atom. The molecule has 1 heterocycles. The van der Waals surface area contributed by atoms with Crippen molar-refractivity contribution in [3.05, 3.63) is 0 Å². The van der Waals surface area contributed by atoms with Gasteiger partial charge in [0, 0.05) is 32.7 Å². The van der Waals surface area contributed by atoms with Crippen molar-refractivity contribution < 1.29 is 19.4 Å². The molecule has 16 heavy (non-hydrogen) atoms. The fourth-order valence-corrected chi connectivity index (χ4v) is 1.77. The minimum Gasteiger partial charge on any atom is -0.480 e. The van der Waals surface area contributed by atoms with Crippen LogP contribution in [0.4, 0.5) is 0 Å². The van der Waals surface area contributed by atoms with E-state index in [0.717, 1.165) is 6.42 Å². The Morgan fingerprint density at radius 2 is 2.44 bits per heavy atom. The lowest BCUT2D eigenvalue weighted by molar-refractivity contribution is -0.138. The second kappa shape index (κ2) is 6.44. The van der Waals surface area contributed by atoms with E-state index < -0.39 is 5.97 Å². The van der Waals surface area contributed by atoms with Crippen molar-refractivity contribution >= 4 is 11.9 Å². The predicted molar refractivity (Wildman–Crippen MR) is 57.1 cm³/mol. The molecule has 1 rings (SSSR count). The molecule has 1 amide bonds.